The van der Waals surface area contributed by atoms with Gasteiger partial charge in [0.15, 0.2) is 11.6 Å². The van der Waals surface area contributed by atoms with E-state index in [0.29, 0.717) is 5.82 Å². The number of nitrogens with zero attached hydrogens (tertiary/aromatic N) is 4. The van der Waals surface area contributed by atoms with Gasteiger partial charge in [-0.1, -0.05) is 243 Å². The summed E-state index contributed by atoms with van der Waals surface area (Å²) >= 11 is 0. The van der Waals surface area contributed by atoms with Crippen molar-refractivity contribution in [3.05, 3.63) is 291 Å². The van der Waals surface area contributed by atoms with Crippen LogP contribution in [0.2, 0.25) is 0 Å². The summed E-state index contributed by atoms with van der Waals surface area (Å²) in [6, 6.07) is 104. The SMILES string of the molecule is c1ccc(N(c2ccccc2)c2ccc(-c3ccccc3-c3ccccc3-c3ccc(-n4nc(-c5ccc(-c6cccc7ccccc67)cc5)nc4-c4ccc(-c5cccc6ccccc56)cc4)cc3)cc2)cc1. The van der Waals surface area contributed by atoms with Crippen LogP contribution in [0.4, 0.5) is 17.1 Å². The molecule has 0 saturated carbocycles. The van der Waals surface area contributed by atoms with Gasteiger partial charge >= 0.3 is 0 Å². The number of benzene rings is 12. The van der Waals surface area contributed by atoms with E-state index < -0.39 is 0 Å². The van der Waals surface area contributed by atoms with Crippen LogP contribution in [0.25, 0.3) is 106 Å². The molecule has 0 aliphatic heterocycles. The lowest BCUT2D eigenvalue weighted by atomic mass is 9.89. The number of anilines is 3. The van der Waals surface area contributed by atoms with Crippen molar-refractivity contribution in [2.24, 2.45) is 0 Å². The predicted molar refractivity (Wildman–Crippen MR) is 309 cm³/mol. The molecule has 0 saturated heterocycles. The average molecular weight is 945 g/mol. The van der Waals surface area contributed by atoms with Crippen LogP contribution in [-0.2, 0) is 0 Å². The predicted octanol–water partition coefficient (Wildman–Crippen LogP) is 18.7. The molecule has 74 heavy (non-hydrogen) atoms. The van der Waals surface area contributed by atoms with Crippen LogP contribution in [0.5, 0.6) is 0 Å². The fourth-order valence-corrected chi connectivity index (χ4v) is 10.5. The molecule has 0 N–H and O–H groups in total. The molecule has 0 aliphatic rings. The summed E-state index contributed by atoms with van der Waals surface area (Å²) in [5, 5.41) is 10.2. The highest BCUT2D eigenvalue weighted by atomic mass is 15.4. The van der Waals surface area contributed by atoms with Gasteiger partial charge in [-0.05, 0) is 126 Å². The number of aromatic nitrogens is 3. The zero-order valence-corrected chi connectivity index (χ0v) is 40.5. The Hall–Kier alpha value is -9.90. The Kier molecular flexibility index (Phi) is 11.5. The van der Waals surface area contributed by atoms with E-state index in [1.807, 2.05) is 4.68 Å². The van der Waals surface area contributed by atoms with Crippen LogP contribution in [-0.4, -0.2) is 14.8 Å². The summed E-state index contributed by atoms with van der Waals surface area (Å²) in [6.45, 7) is 0. The lowest BCUT2D eigenvalue weighted by Crippen LogP contribution is -2.09. The van der Waals surface area contributed by atoms with Gasteiger partial charge in [0.05, 0.1) is 5.69 Å². The quantitative estimate of drug-likeness (QED) is 0.130. The van der Waals surface area contributed by atoms with Crippen LogP contribution in [0.15, 0.2) is 291 Å². The number of hydrogen-bond acceptors (Lipinski definition) is 3. The van der Waals surface area contributed by atoms with Crippen molar-refractivity contribution in [1.82, 2.24) is 14.8 Å². The second-order valence-corrected chi connectivity index (χ2v) is 18.6. The molecule has 348 valence electrons. The molecular formula is C70H48N4. The summed E-state index contributed by atoms with van der Waals surface area (Å²) in [6.07, 6.45) is 0. The summed E-state index contributed by atoms with van der Waals surface area (Å²) in [5.74, 6) is 1.43. The van der Waals surface area contributed by atoms with Crippen molar-refractivity contribution in [3.8, 4) is 84.1 Å². The standard InChI is InChI=1S/C70H48N4/c1-3-21-57(22-4-1)73(58-23-5-2-6-24-58)59-45-41-53(42-46-59)65-27-11-13-29-67(65)68-30-14-12-28-66(68)54-43-47-60(48-44-54)74-70(56-39-35-52(36-40-56)64-32-16-20-50-18-8-10-26-62(50)64)71-69(72-74)55-37-33-51(34-38-55)63-31-15-19-49-17-7-9-25-61(49)63/h1-48H. The molecule has 0 amide bonds. The van der Waals surface area contributed by atoms with E-state index in [1.54, 1.807) is 0 Å². The maximum Gasteiger partial charge on any atom is 0.182 e. The van der Waals surface area contributed by atoms with E-state index in [-0.39, 0.29) is 0 Å². The van der Waals surface area contributed by atoms with E-state index in [9.17, 15) is 0 Å². The highest BCUT2D eigenvalue weighted by molar-refractivity contribution is 5.98. The Labute approximate surface area is 431 Å². The van der Waals surface area contributed by atoms with Gasteiger partial charge in [-0.2, -0.15) is 0 Å². The first-order valence-corrected chi connectivity index (χ1v) is 25.1. The molecule has 1 heterocycles. The fourth-order valence-electron chi connectivity index (χ4n) is 10.5. The van der Waals surface area contributed by atoms with Gasteiger partial charge in [-0.3, -0.25) is 0 Å². The molecule has 0 radical (unpaired) electrons. The third-order valence-electron chi connectivity index (χ3n) is 14.1. The van der Waals surface area contributed by atoms with Gasteiger partial charge < -0.3 is 4.90 Å². The molecule has 0 aliphatic carbocycles. The van der Waals surface area contributed by atoms with Crippen LogP contribution in [0.3, 0.4) is 0 Å². The maximum atomic E-state index is 5.30. The second kappa shape index (κ2) is 19.4. The van der Waals surface area contributed by atoms with Crippen LogP contribution < -0.4 is 4.90 Å². The molecule has 1 aromatic heterocycles. The Morgan fingerprint density at radius 2 is 0.608 bits per heavy atom. The number of fused-ring (bicyclic) bond motifs is 2. The van der Waals surface area contributed by atoms with Crippen molar-refractivity contribution in [2.45, 2.75) is 0 Å². The molecule has 0 bridgehead atoms. The highest BCUT2D eigenvalue weighted by Crippen LogP contribution is 2.41. The van der Waals surface area contributed by atoms with Gasteiger partial charge in [-0.15, -0.1) is 5.10 Å². The lowest BCUT2D eigenvalue weighted by molar-refractivity contribution is 0.891. The first-order valence-electron chi connectivity index (χ1n) is 25.1. The third kappa shape index (κ3) is 8.40. The van der Waals surface area contributed by atoms with Gasteiger partial charge in [0.1, 0.15) is 0 Å². The smallest absolute Gasteiger partial charge is 0.182 e. The second-order valence-electron chi connectivity index (χ2n) is 18.6. The van der Waals surface area contributed by atoms with Gasteiger partial charge in [-0.25, -0.2) is 9.67 Å². The minimum absolute atomic E-state index is 0.662. The Morgan fingerprint density at radius 1 is 0.257 bits per heavy atom. The number of hydrogen-bond donors (Lipinski definition) is 0. The Bertz CT molecular complexity index is 4040. The number of rotatable bonds is 11. The fraction of sp³-hybridized carbons (Fsp3) is 0. The normalized spacial score (nSPS) is 11.2. The average Bonchev–Trinajstić information content (AvgIpc) is 3.94. The molecule has 12 aromatic carbocycles. The summed E-state index contributed by atoms with van der Waals surface area (Å²) in [5.41, 5.74) is 17.8. The number of para-hydroxylation sites is 2. The first-order chi connectivity index (χ1) is 36.7. The molecule has 4 heteroatoms. The summed E-state index contributed by atoms with van der Waals surface area (Å²) in [4.78, 5) is 7.60. The van der Waals surface area contributed by atoms with Crippen LogP contribution in [0.1, 0.15) is 0 Å². The van der Waals surface area contributed by atoms with Gasteiger partial charge in [0.25, 0.3) is 0 Å². The summed E-state index contributed by atoms with van der Waals surface area (Å²) < 4.78 is 1.99. The van der Waals surface area contributed by atoms with Crippen LogP contribution >= 0.6 is 0 Å². The molecular weight excluding hydrogens is 897 g/mol. The Morgan fingerprint density at radius 3 is 1.12 bits per heavy atom. The molecule has 0 unspecified atom stereocenters. The van der Waals surface area contributed by atoms with Crippen molar-refractivity contribution in [2.75, 3.05) is 4.90 Å². The van der Waals surface area contributed by atoms with Crippen LogP contribution in [0, 0.1) is 0 Å². The monoisotopic (exact) mass is 944 g/mol. The molecule has 4 nitrogen and oxygen atoms in total. The first kappa shape index (κ1) is 44.1. The van der Waals surface area contributed by atoms with Crippen molar-refractivity contribution >= 4 is 38.6 Å². The van der Waals surface area contributed by atoms with E-state index >= 15 is 0 Å². The van der Waals surface area contributed by atoms with E-state index in [2.05, 4.69) is 296 Å². The van der Waals surface area contributed by atoms with Gasteiger partial charge in [0.2, 0.25) is 0 Å². The van der Waals surface area contributed by atoms with Crippen molar-refractivity contribution < 1.29 is 0 Å². The van der Waals surface area contributed by atoms with Crippen molar-refractivity contribution in [3.63, 3.8) is 0 Å². The topological polar surface area (TPSA) is 34.0 Å². The molecule has 0 fully saturated rings. The minimum atomic E-state index is 0.662. The molecule has 0 spiro atoms. The van der Waals surface area contributed by atoms with Gasteiger partial charge in [0, 0.05) is 28.2 Å². The zero-order valence-electron chi connectivity index (χ0n) is 40.5. The van der Waals surface area contributed by atoms with E-state index in [4.69, 9.17) is 10.1 Å². The molecule has 13 rings (SSSR count). The molecule has 0 atom stereocenters. The van der Waals surface area contributed by atoms with E-state index in [0.717, 1.165) is 73.1 Å². The lowest BCUT2D eigenvalue weighted by Gasteiger charge is -2.25. The summed E-state index contributed by atoms with van der Waals surface area (Å²) in [7, 11) is 0. The zero-order chi connectivity index (χ0) is 49.2. The Balaban J connectivity index is 0.850. The minimum Gasteiger partial charge on any atom is -0.311 e. The molecule has 13 aromatic rings. The highest BCUT2D eigenvalue weighted by Gasteiger charge is 2.19. The maximum absolute atomic E-state index is 5.30. The van der Waals surface area contributed by atoms with E-state index in [1.165, 1.54) is 43.8 Å². The largest absolute Gasteiger partial charge is 0.311 e. The third-order valence-corrected chi connectivity index (χ3v) is 14.1. The van der Waals surface area contributed by atoms with Crippen molar-refractivity contribution in [1.29, 1.82) is 0 Å².